The number of halogens is 1. The molecule has 1 amide bonds. The van der Waals surface area contributed by atoms with Gasteiger partial charge in [-0.3, -0.25) is 4.79 Å². The maximum absolute atomic E-state index is 12.5. The number of hydrogen-bond acceptors (Lipinski definition) is 5. The summed E-state index contributed by atoms with van der Waals surface area (Å²) in [5, 5.41) is 0. The summed E-state index contributed by atoms with van der Waals surface area (Å²) in [5.74, 6) is -0.0804. The highest BCUT2D eigenvalue weighted by atomic mass is 32.2. The highest BCUT2D eigenvalue weighted by Gasteiger charge is 2.37. The molecule has 2 N–H and O–H groups in total. The Hall–Kier alpha value is -1.93. The van der Waals surface area contributed by atoms with E-state index in [0.29, 0.717) is 30.6 Å². The second-order valence-corrected chi connectivity index (χ2v) is 8.87. The summed E-state index contributed by atoms with van der Waals surface area (Å²) in [5.41, 5.74) is 5.42. The van der Waals surface area contributed by atoms with Crippen LogP contribution in [0.4, 0.5) is 4.39 Å². The molecule has 1 fully saturated rings. The van der Waals surface area contributed by atoms with Gasteiger partial charge in [0.25, 0.3) is 0 Å². The Morgan fingerprint density at radius 3 is 2.48 bits per heavy atom. The summed E-state index contributed by atoms with van der Waals surface area (Å²) in [4.78, 5) is 13.4. The number of amides is 1. The van der Waals surface area contributed by atoms with Crippen LogP contribution in [0, 0.1) is 5.41 Å². The summed E-state index contributed by atoms with van der Waals surface area (Å²) in [6.07, 6.45) is 0.744. The Balaban J connectivity index is 2.04. The summed E-state index contributed by atoms with van der Waals surface area (Å²) >= 11 is 0. The SMILES string of the molecule is CC1(C)CC(=O)N(CS(=O)(=O)c2ccc(OC/C(=C/F)CN)cc2)C1. The quantitative estimate of drug-likeness (QED) is 0.791. The summed E-state index contributed by atoms with van der Waals surface area (Å²) in [6.45, 7) is 4.33. The van der Waals surface area contributed by atoms with Crippen LogP contribution in [-0.2, 0) is 14.6 Å². The van der Waals surface area contributed by atoms with Gasteiger partial charge in [-0.15, -0.1) is 0 Å². The van der Waals surface area contributed by atoms with Gasteiger partial charge in [-0.1, -0.05) is 13.8 Å². The second kappa shape index (κ2) is 7.53. The van der Waals surface area contributed by atoms with Crippen molar-refractivity contribution < 1.29 is 22.3 Å². The molecule has 1 saturated heterocycles. The number of nitrogens with zero attached hydrogens (tertiary/aromatic N) is 1. The number of sulfone groups is 1. The van der Waals surface area contributed by atoms with Gasteiger partial charge in [-0.2, -0.15) is 0 Å². The van der Waals surface area contributed by atoms with Crippen LogP contribution in [0.15, 0.2) is 41.1 Å². The van der Waals surface area contributed by atoms with E-state index in [2.05, 4.69) is 0 Å². The largest absolute Gasteiger partial charge is 0.489 e. The molecule has 2 rings (SSSR count). The molecule has 1 aliphatic rings. The second-order valence-electron chi connectivity index (χ2n) is 6.91. The van der Waals surface area contributed by atoms with Gasteiger partial charge in [0.2, 0.25) is 5.91 Å². The predicted octanol–water partition coefficient (Wildman–Crippen LogP) is 1.87. The number of ether oxygens (including phenoxy) is 1. The average Bonchev–Trinajstić information content (AvgIpc) is 2.80. The minimum absolute atomic E-state index is 0.00351. The standard InChI is InChI=1S/C17H23FN2O4S/c1-17(2)7-16(21)20(11-17)12-25(22,23)15-5-3-14(4-6-15)24-10-13(8-18)9-19/h3-6,8H,7,9-12,19H2,1-2H3/b13-8+. The van der Waals surface area contributed by atoms with Gasteiger partial charge in [0, 0.05) is 25.1 Å². The third-order valence-electron chi connectivity index (χ3n) is 3.95. The molecule has 1 aromatic rings. The van der Waals surface area contributed by atoms with E-state index >= 15 is 0 Å². The topological polar surface area (TPSA) is 89.7 Å². The molecule has 25 heavy (non-hydrogen) atoms. The van der Waals surface area contributed by atoms with Crippen LogP contribution in [0.3, 0.4) is 0 Å². The molecule has 0 atom stereocenters. The Morgan fingerprint density at radius 2 is 2.00 bits per heavy atom. The van der Waals surface area contributed by atoms with Crippen LogP contribution in [0.5, 0.6) is 5.75 Å². The minimum Gasteiger partial charge on any atom is -0.489 e. The number of carbonyl (C=O) groups is 1. The van der Waals surface area contributed by atoms with Crippen molar-refractivity contribution in [2.45, 2.75) is 25.2 Å². The first-order valence-corrected chi connectivity index (χ1v) is 9.54. The smallest absolute Gasteiger partial charge is 0.224 e. The van der Waals surface area contributed by atoms with Gasteiger partial charge < -0.3 is 15.4 Å². The summed E-state index contributed by atoms with van der Waals surface area (Å²) in [6, 6.07) is 5.82. The zero-order chi connectivity index (χ0) is 18.7. The number of likely N-dealkylation sites (tertiary alicyclic amines) is 1. The maximum Gasteiger partial charge on any atom is 0.224 e. The zero-order valence-electron chi connectivity index (χ0n) is 14.4. The number of carbonyl (C=O) groups excluding carboxylic acids is 1. The van der Waals surface area contributed by atoms with Gasteiger partial charge in [0.15, 0.2) is 9.84 Å². The molecule has 138 valence electrons. The Bertz CT molecular complexity index is 757. The van der Waals surface area contributed by atoms with Crippen LogP contribution < -0.4 is 10.5 Å². The van der Waals surface area contributed by atoms with Crippen molar-refractivity contribution in [3.8, 4) is 5.75 Å². The lowest BCUT2D eigenvalue weighted by molar-refractivity contribution is -0.127. The first kappa shape index (κ1) is 19.4. The van der Waals surface area contributed by atoms with Gasteiger partial charge in [-0.05, 0) is 29.7 Å². The first-order valence-electron chi connectivity index (χ1n) is 7.88. The van der Waals surface area contributed by atoms with E-state index in [9.17, 15) is 17.6 Å². The average molecular weight is 370 g/mol. The summed E-state index contributed by atoms with van der Waals surface area (Å²) in [7, 11) is -3.63. The van der Waals surface area contributed by atoms with Crippen molar-refractivity contribution in [1.29, 1.82) is 0 Å². The lowest BCUT2D eigenvalue weighted by atomic mass is 9.93. The fourth-order valence-corrected chi connectivity index (χ4v) is 3.98. The highest BCUT2D eigenvalue weighted by molar-refractivity contribution is 7.91. The molecule has 0 saturated carbocycles. The predicted molar refractivity (Wildman–Crippen MR) is 92.3 cm³/mol. The van der Waals surface area contributed by atoms with Crippen LogP contribution in [0.1, 0.15) is 20.3 Å². The van der Waals surface area contributed by atoms with Gasteiger partial charge in [0.05, 0.1) is 11.2 Å². The van der Waals surface area contributed by atoms with Crippen molar-refractivity contribution in [3.05, 3.63) is 36.2 Å². The number of hydrogen-bond donors (Lipinski definition) is 1. The van der Waals surface area contributed by atoms with Crippen LogP contribution >= 0.6 is 0 Å². The number of benzene rings is 1. The van der Waals surface area contributed by atoms with Crippen molar-refractivity contribution in [2.24, 2.45) is 11.1 Å². The third kappa shape index (κ3) is 5.02. The first-order chi connectivity index (χ1) is 11.7. The maximum atomic E-state index is 12.5. The van der Waals surface area contributed by atoms with E-state index in [1.54, 1.807) is 0 Å². The van der Waals surface area contributed by atoms with Crippen molar-refractivity contribution in [2.75, 3.05) is 25.6 Å². The van der Waals surface area contributed by atoms with Crippen LogP contribution in [-0.4, -0.2) is 44.8 Å². The van der Waals surface area contributed by atoms with Gasteiger partial charge in [0.1, 0.15) is 18.2 Å². The van der Waals surface area contributed by atoms with Crippen LogP contribution in [0.25, 0.3) is 0 Å². The normalized spacial score (nSPS) is 17.8. The molecule has 0 bridgehead atoms. The molecule has 0 spiro atoms. The molecule has 0 aromatic heterocycles. The van der Waals surface area contributed by atoms with Crippen molar-refractivity contribution in [3.63, 3.8) is 0 Å². The van der Waals surface area contributed by atoms with Crippen LogP contribution in [0.2, 0.25) is 0 Å². The monoisotopic (exact) mass is 370 g/mol. The fourth-order valence-electron chi connectivity index (χ4n) is 2.63. The van der Waals surface area contributed by atoms with Gasteiger partial charge >= 0.3 is 0 Å². The Labute approximate surface area is 147 Å². The molecule has 1 heterocycles. The molecule has 0 unspecified atom stereocenters. The Kier molecular flexibility index (Phi) is 5.84. The zero-order valence-corrected chi connectivity index (χ0v) is 15.2. The van der Waals surface area contributed by atoms with E-state index in [0.717, 1.165) is 0 Å². The van der Waals surface area contributed by atoms with E-state index in [1.807, 2.05) is 13.8 Å². The fraction of sp³-hybridized carbons (Fsp3) is 0.471. The number of rotatable bonds is 7. The summed E-state index contributed by atoms with van der Waals surface area (Å²) < 4.78 is 42.8. The van der Waals surface area contributed by atoms with E-state index in [1.165, 1.54) is 29.2 Å². The molecule has 1 aromatic carbocycles. The lowest BCUT2D eigenvalue weighted by Gasteiger charge is -2.19. The van der Waals surface area contributed by atoms with Crippen molar-refractivity contribution >= 4 is 15.7 Å². The molecule has 0 radical (unpaired) electrons. The molecular weight excluding hydrogens is 347 g/mol. The van der Waals surface area contributed by atoms with Crippen molar-refractivity contribution in [1.82, 2.24) is 4.90 Å². The Morgan fingerprint density at radius 1 is 1.36 bits per heavy atom. The van der Waals surface area contributed by atoms with E-state index in [4.69, 9.17) is 10.5 Å². The highest BCUT2D eigenvalue weighted by Crippen LogP contribution is 2.31. The van der Waals surface area contributed by atoms with E-state index in [-0.39, 0.29) is 35.2 Å². The molecule has 6 nitrogen and oxygen atoms in total. The number of nitrogens with two attached hydrogens (primary N) is 1. The lowest BCUT2D eigenvalue weighted by Crippen LogP contribution is -2.32. The molecule has 8 heteroatoms. The molecule has 1 aliphatic heterocycles. The molecule has 0 aliphatic carbocycles. The third-order valence-corrected chi connectivity index (χ3v) is 5.59. The molecular formula is C17H23FN2O4S. The van der Waals surface area contributed by atoms with Gasteiger partial charge in [-0.25, -0.2) is 12.8 Å². The van der Waals surface area contributed by atoms with E-state index < -0.39 is 9.84 Å². The minimum atomic E-state index is -3.63.